The summed E-state index contributed by atoms with van der Waals surface area (Å²) in [6.45, 7) is 5.26. The molecule has 1 amide bonds. The van der Waals surface area contributed by atoms with E-state index in [1.54, 1.807) is 0 Å². The summed E-state index contributed by atoms with van der Waals surface area (Å²) in [4.78, 5) is 14.2. The highest BCUT2D eigenvalue weighted by Gasteiger charge is 2.24. The summed E-state index contributed by atoms with van der Waals surface area (Å²) in [5, 5.41) is 6.39. The quantitative estimate of drug-likeness (QED) is 0.571. The number of nitrogens with one attached hydrogen (secondary N) is 2. The van der Waals surface area contributed by atoms with E-state index in [1.807, 2.05) is 0 Å². The Morgan fingerprint density at radius 1 is 1.44 bits per heavy atom. The molecule has 6 heteroatoms. The molecule has 2 rings (SSSR count). The van der Waals surface area contributed by atoms with Gasteiger partial charge in [-0.1, -0.05) is 0 Å². The molecule has 0 radical (unpaired) electrons. The highest BCUT2D eigenvalue weighted by Crippen LogP contribution is 2.07. The van der Waals surface area contributed by atoms with Crippen molar-refractivity contribution in [1.29, 1.82) is 0 Å². The van der Waals surface area contributed by atoms with Gasteiger partial charge in [-0.2, -0.15) is 0 Å². The Balaban J connectivity index is 1.75. The first-order chi connectivity index (χ1) is 8.79. The second-order valence-corrected chi connectivity index (χ2v) is 5.02. The van der Waals surface area contributed by atoms with E-state index in [2.05, 4.69) is 15.5 Å². The van der Waals surface area contributed by atoms with Gasteiger partial charge in [-0.15, -0.1) is 0 Å². The molecule has 0 bridgehead atoms. The predicted octanol–water partition coefficient (Wildman–Crippen LogP) is -1.49. The molecule has 2 fully saturated rings. The summed E-state index contributed by atoms with van der Waals surface area (Å²) >= 11 is 0. The van der Waals surface area contributed by atoms with E-state index in [0.29, 0.717) is 13.1 Å². The van der Waals surface area contributed by atoms with Crippen LogP contribution in [0.15, 0.2) is 0 Å². The number of nitrogens with zero attached hydrogens (tertiary/aromatic N) is 1. The molecule has 0 aromatic heterocycles. The Bertz CT molecular complexity index is 269. The van der Waals surface area contributed by atoms with Crippen LogP contribution in [0.2, 0.25) is 0 Å². The molecule has 104 valence electrons. The van der Waals surface area contributed by atoms with Crippen LogP contribution < -0.4 is 16.4 Å². The Hall–Kier alpha value is -0.690. The number of carbonyl (C=O) groups excluding carboxylic acids is 1. The maximum absolute atomic E-state index is 12.0. The van der Waals surface area contributed by atoms with Gasteiger partial charge in [0.1, 0.15) is 0 Å². The second kappa shape index (κ2) is 7.04. The monoisotopic (exact) mass is 256 g/mol. The molecule has 2 heterocycles. The third-order valence-electron chi connectivity index (χ3n) is 3.68. The lowest BCUT2D eigenvalue weighted by atomic mass is 10.1. The van der Waals surface area contributed by atoms with Gasteiger partial charge in [0.25, 0.3) is 0 Å². The van der Waals surface area contributed by atoms with Crippen LogP contribution in [0, 0.1) is 0 Å². The normalized spacial score (nSPS) is 27.1. The number of hydrogen-bond donors (Lipinski definition) is 3. The Morgan fingerprint density at radius 2 is 2.22 bits per heavy atom. The lowest BCUT2D eigenvalue weighted by Gasteiger charge is -2.35. The molecule has 4 N–H and O–H groups in total. The van der Waals surface area contributed by atoms with Gasteiger partial charge < -0.3 is 21.1 Å². The largest absolute Gasteiger partial charge is 0.381 e. The number of ether oxygens (including phenoxy) is 1. The van der Waals surface area contributed by atoms with E-state index in [-0.39, 0.29) is 18.0 Å². The van der Waals surface area contributed by atoms with Crippen molar-refractivity contribution in [2.24, 2.45) is 5.73 Å². The van der Waals surface area contributed by atoms with Gasteiger partial charge in [-0.25, -0.2) is 0 Å². The standard InChI is InChI=1S/C12H24N4O2/c13-7-11-8-14-3-4-16(11)9-12(17)15-10-1-5-18-6-2-10/h10-11,14H,1-9,13H2,(H,15,17). The van der Waals surface area contributed by atoms with Gasteiger partial charge in [0, 0.05) is 51.5 Å². The van der Waals surface area contributed by atoms with E-state index in [4.69, 9.17) is 10.5 Å². The van der Waals surface area contributed by atoms with Crippen LogP contribution in [-0.4, -0.2) is 68.8 Å². The highest BCUT2D eigenvalue weighted by molar-refractivity contribution is 5.78. The van der Waals surface area contributed by atoms with E-state index < -0.39 is 0 Å². The van der Waals surface area contributed by atoms with Crippen molar-refractivity contribution in [2.75, 3.05) is 45.9 Å². The number of carbonyl (C=O) groups is 1. The number of nitrogens with two attached hydrogens (primary N) is 1. The van der Waals surface area contributed by atoms with Crippen LogP contribution in [0.5, 0.6) is 0 Å². The summed E-state index contributed by atoms with van der Waals surface area (Å²) in [7, 11) is 0. The van der Waals surface area contributed by atoms with E-state index in [1.165, 1.54) is 0 Å². The molecule has 2 saturated heterocycles. The fraction of sp³-hybridized carbons (Fsp3) is 0.917. The van der Waals surface area contributed by atoms with Crippen LogP contribution in [0.3, 0.4) is 0 Å². The molecule has 6 nitrogen and oxygen atoms in total. The number of hydrogen-bond acceptors (Lipinski definition) is 5. The van der Waals surface area contributed by atoms with Gasteiger partial charge in [0.15, 0.2) is 0 Å². The maximum Gasteiger partial charge on any atom is 0.234 e. The number of amides is 1. The Kier molecular flexibility index (Phi) is 5.37. The molecular weight excluding hydrogens is 232 g/mol. The Morgan fingerprint density at radius 3 is 2.94 bits per heavy atom. The minimum absolute atomic E-state index is 0.113. The second-order valence-electron chi connectivity index (χ2n) is 5.02. The molecule has 0 saturated carbocycles. The SMILES string of the molecule is NCC1CNCCN1CC(=O)NC1CCOCC1. The molecule has 1 unspecified atom stereocenters. The first-order valence-electron chi connectivity index (χ1n) is 6.81. The average molecular weight is 256 g/mol. The number of rotatable bonds is 4. The third kappa shape index (κ3) is 3.91. The molecular formula is C12H24N4O2. The summed E-state index contributed by atoms with van der Waals surface area (Å²) < 4.78 is 5.28. The van der Waals surface area contributed by atoms with Gasteiger partial charge in [-0.05, 0) is 12.8 Å². The van der Waals surface area contributed by atoms with Crippen molar-refractivity contribution in [2.45, 2.75) is 24.9 Å². The van der Waals surface area contributed by atoms with Gasteiger partial charge >= 0.3 is 0 Å². The van der Waals surface area contributed by atoms with Crippen LogP contribution in [0.4, 0.5) is 0 Å². The number of piperazine rings is 1. The molecule has 1 atom stereocenters. The lowest BCUT2D eigenvalue weighted by molar-refractivity contribution is -0.124. The van der Waals surface area contributed by atoms with Crippen molar-refractivity contribution in [3.8, 4) is 0 Å². The van der Waals surface area contributed by atoms with Crippen molar-refractivity contribution in [3.63, 3.8) is 0 Å². The smallest absolute Gasteiger partial charge is 0.234 e. The van der Waals surface area contributed by atoms with Crippen molar-refractivity contribution < 1.29 is 9.53 Å². The lowest BCUT2D eigenvalue weighted by Crippen LogP contribution is -2.57. The molecule has 2 aliphatic heterocycles. The van der Waals surface area contributed by atoms with Gasteiger partial charge in [-0.3, -0.25) is 9.69 Å². The predicted molar refractivity (Wildman–Crippen MR) is 69.3 cm³/mol. The summed E-state index contributed by atoms with van der Waals surface area (Å²) in [6, 6.07) is 0.560. The molecule has 0 aliphatic carbocycles. The highest BCUT2D eigenvalue weighted by atomic mass is 16.5. The summed E-state index contributed by atoms with van der Waals surface area (Å²) in [5.41, 5.74) is 5.72. The first-order valence-corrected chi connectivity index (χ1v) is 6.81. The van der Waals surface area contributed by atoms with E-state index in [9.17, 15) is 4.79 Å². The topological polar surface area (TPSA) is 79.6 Å². The first kappa shape index (κ1) is 13.7. The van der Waals surface area contributed by atoms with E-state index in [0.717, 1.165) is 45.7 Å². The van der Waals surface area contributed by atoms with Crippen molar-refractivity contribution in [1.82, 2.24) is 15.5 Å². The zero-order chi connectivity index (χ0) is 12.8. The molecule has 0 aromatic rings. The van der Waals surface area contributed by atoms with Crippen LogP contribution in [0.1, 0.15) is 12.8 Å². The van der Waals surface area contributed by atoms with Crippen molar-refractivity contribution >= 4 is 5.91 Å². The summed E-state index contributed by atoms with van der Waals surface area (Å²) in [6.07, 6.45) is 1.85. The van der Waals surface area contributed by atoms with Crippen molar-refractivity contribution in [3.05, 3.63) is 0 Å². The Labute approximate surface area is 108 Å². The third-order valence-corrected chi connectivity index (χ3v) is 3.68. The van der Waals surface area contributed by atoms with Gasteiger partial charge in [0.2, 0.25) is 5.91 Å². The zero-order valence-electron chi connectivity index (χ0n) is 10.9. The maximum atomic E-state index is 12.0. The molecule has 2 aliphatic rings. The van der Waals surface area contributed by atoms with Crippen LogP contribution in [0.25, 0.3) is 0 Å². The minimum atomic E-state index is 0.113. The summed E-state index contributed by atoms with van der Waals surface area (Å²) in [5.74, 6) is 0.113. The van der Waals surface area contributed by atoms with Gasteiger partial charge in [0.05, 0.1) is 6.54 Å². The molecule has 0 aromatic carbocycles. The fourth-order valence-electron chi connectivity index (χ4n) is 2.54. The molecule has 0 spiro atoms. The fourth-order valence-corrected chi connectivity index (χ4v) is 2.54. The average Bonchev–Trinajstić information content (AvgIpc) is 2.40. The van der Waals surface area contributed by atoms with Crippen LogP contribution >= 0.6 is 0 Å². The zero-order valence-corrected chi connectivity index (χ0v) is 10.9. The minimum Gasteiger partial charge on any atom is -0.381 e. The van der Waals surface area contributed by atoms with Crippen LogP contribution in [-0.2, 0) is 9.53 Å². The molecule has 18 heavy (non-hydrogen) atoms. The van der Waals surface area contributed by atoms with E-state index >= 15 is 0 Å².